The van der Waals surface area contributed by atoms with Crippen molar-refractivity contribution in [2.24, 2.45) is 22.4 Å². The molecule has 2 N–H and O–H groups in total. The van der Waals surface area contributed by atoms with Gasteiger partial charge in [0.15, 0.2) is 11.5 Å². The number of hydrogen-bond donors (Lipinski definition) is 2. The number of hydrogen-bond acceptors (Lipinski definition) is 4. The fourth-order valence-corrected chi connectivity index (χ4v) is 4.54. The molecule has 0 aliphatic heterocycles. The van der Waals surface area contributed by atoms with E-state index in [0.29, 0.717) is 15.2 Å². The minimum absolute atomic E-state index is 0.0242. The number of carbonyl (C=O) groups is 1. The van der Waals surface area contributed by atoms with Crippen LogP contribution in [-0.2, 0) is 4.79 Å². The molecule has 0 unspecified atom stereocenters. The van der Waals surface area contributed by atoms with Crippen LogP contribution in [0.3, 0.4) is 0 Å². The van der Waals surface area contributed by atoms with Gasteiger partial charge >= 0.3 is 0 Å². The molecule has 3 rings (SSSR count). The van der Waals surface area contributed by atoms with E-state index >= 15 is 0 Å². The topological polar surface area (TPSA) is 70.9 Å². The fourth-order valence-electron chi connectivity index (χ4n) is 3.91. The molecule has 124 valence electrons. The average molecular weight is 428 g/mol. The van der Waals surface area contributed by atoms with Gasteiger partial charge in [-0.3, -0.25) is 4.79 Å². The number of benzene rings is 1. The van der Waals surface area contributed by atoms with Gasteiger partial charge in [-0.1, -0.05) is 19.8 Å². The molecule has 3 atom stereocenters. The summed E-state index contributed by atoms with van der Waals surface area (Å²) in [6.07, 6.45) is 6.35. The Hall–Kier alpha value is -1.31. The Morgan fingerprint density at radius 2 is 2.30 bits per heavy atom. The maximum absolute atomic E-state index is 12.3. The van der Waals surface area contributed by atoms with Crippen molar-refractivity contribution in [1.29, 1.82) is 0 Å². The molecule has 2 fully saturated rings. The standard InChI is InChI=1S/C17H21IN2O3/c1-17-6-4-3-5-11(17)14(17)16(22)20-19-9-10-7-12(18)15(21)13(8-10)23-2/h7-9,11,14,21H,3-6H2,1-2H3,(H,20,22)/b19-9-/t11-,14-,17+/m0/s1. The van der Waals surface area contributed by atoms with Crippen LogP contribution in [0.2, 0.25) is 0 Å². The Kier molecular flexibility index (Phi) is 4.53. The molecule has 2 aliphatic carbocycles. The molecule has 0 aromatic heterocycles. The molecule has 5 nitrogen and oxygen atoms in total. The lowest BCUT2D eigenvalue weighted by Crippen LogP contribution is -2.22. The minimum Gasteiger partial charge on any atom is -0.504 e. The second-order valence-electron chi connectivity index (χ2n) is 6.62. The first-order valence-corrected chi connectivity index (χ1v) is 8.94. The van der Waals surface area contributed by atoms with Gasteiger partial charge in [0.1, 0.15) is 0 Å². The molecule has 6 heteroatoms. The quantitative estimate of drug-likeness (QED) is 0.440. The lowest BCUT2D eigenvalue weighted by molar-refractivity contribution is -0.123. The average Bonchev–Trinajstić information content (AvgIpc) is 3.16. The van der Waals surface area contributed by atoms with Gasteiger partial charge in [0.25, 0.3) is 0 Å². The summed E-state index contributed by atoms with van der Waals surface area (Å²) >= 11 is 2.03. The second kappa shape index (κ2) is 6.30. The Morgan fingerprint density at radius 1 is 1.52 bits per heavy atom. The molecule has 1 aromatic rings. The molecule has 2 saturated carbocycles. The summed E-state index contributed by atoms with van der Waals surface area (Å²) in [6, 6.07) is 3.47. The number of fused-ring (bicyclic) bond motifs is 1. The number of phenolic OH excluding ortho intramolecular Hbond substituents is 1. The highest BCUT2D eigenvalue weighted by Gasteiger charge is 2.64. The van der Waals surface area contributed by atoms with Crippen LogP contribution in [0.1, 0.15) is 38.2 Å². The Labute approximate surface area is 149 Å². The van der Waals surface area contributed by atoms with Gasteiger partial charge < -0.3 is 9.84 Å². The molecule has 0 bridgehead atoms. The van der Waals surface area contributed by atoms with Gasteiger partial charge in [-0.15, -0.1) is 0 Å². The highest BCUT2D eigenvalue weighted by molar-refractivity contribution is 14.1. The molecule has 0 heterocycles. The first kappa shape index (κ1) is 16.5. The van der Waals surface area contributed by atoms with Crippen molar-refractivity contribution in [2.45, 2.75) is 32.6 Å². The van der Waals surface area contributed by atoms with E-state index in [-0.39, 0.29) is 23.0 Å². The molecule has 1 amide bonds. The van der Waals surface area contributed by atoms with E-state index in [9.17, 15) is 9.90 Å². The third kappa shape index (κ3) is 3.05. The summed E-state index contributed by atoms with van der Waals surface area (Å²) in [5.41, 5.74) is 3.63. The zero-order valence-corrected chi connectivity index (χ0v) is 15.5. The Morgan fingerprint density at radius 3 is 2.96 bits per heavy atom. The van der Waals surface area contributed by atoms with E-state index in [2.05, 4.69) is 17.5 Å². The largest absolute Gasteiger partial charge is 0.504 e. The normalized spacial score (nSPS) is 29.2. The number of nitrogens with zero attached hydrogens (tertiary/aromatic N) is 1. The molecule has 1 aromatic carbocycles. The minimum atomic E-state index is 0.0242. The number of rotatable bonds is 4. The van der Waals surface area contributed by atoms with Crippen LogP contribution in [0, 0.1) is 20.8 Å². The highest BCUT2D eigenvalue weighted by atomic mass is 127. The summed E-state index contributed by atoms with van der Waals surface area (Å²) in [4.78, 5) is 12.3. The molecule has 2 aliphatic rings. The van der Waals surface area contributed by atoms with Crippen LogP contribution < -0.4 is 10.2 Å². The third-order valence-electron chi connectivity index (χ3n) is 5.27. The van der Waals surface area contributed by atoms with E-state index in [1.54, 1.807) is 18.3 Å². The smallest absolute Gasteiger partial charge is 0.244 e. The molecule has 0 saturated heterocycles. The van der Waals surface area contributed by atoms with Crippen LogP contribution in [0.15, 0.2) is 17.2 Å². The van der Waals surface area contributed by atoms with Gasteiger partial charge in [0.2, 0.25) is 5.91 Å². The molecule has 0 radical (unpaired) electrons. The Bertz CT molecular complexity index is 661. The van der Waals surface area contributed by atoms with Crippen molar-refractivity contribution in [3.63, 3.8) is 0 Å². The van der Waals surface area contributed by atoms with E-state index < -0.39 is 0 Å². The van der Waals surface area contributed by atoms with E-state index in [1.165, 1.54) is 20.0 Å². The maximum Gasteiger partial charge on any atom is 0.244 e. The van der Waals surface area contributed by atoms with Crippen molar-refractivity contribution in [2.75, 3.05) is 7.11 Å². The van der Waals surface area contributed by atoms with Gasteiger partial charge in [-0.25, -0.2) is 5.43 Å². The van der Waals surface area contributed by atoms with Gasteiger partial charge in [-0.05, 0) is 64.5 Å². The van der Waals surface area contributed by atoms with Crippen molar-refractivity contribution in [3.05, 3.63) is 21.3 Å². The van der Waals surface area contributed by atoms with Crippen molar-refractivity contribution in [3.8, 4) is 11.5 Å². The Balaban J connectivity index is 1.63. The predicted molar refractivity (Wildman–Crippen MR) is 96.7 cm³/mol. The van der Waals surface area contributed by atoms with Crippen molar-refractivity contribution < 1.29 is 14.6 Å². The number of aromatic hydroxyl groups is 1. The summed E-state index contributed by atoms with van der Waals surface area (Å²) in [5.74, 6) is 1.17. The highest BCUT2D eigenvalue weighted by Crippen LogP contribution is 2.66. The van der Waals surface area contributed by atoms with Crippen molar-refractivity contribution >= 4 is 34.7 Å². The molecular weight excluding hydrogens is 407 g/mol. The molecule has 23 heavy (non-hydrogen) atoms. The molecular formula is C17H21IN2O3. The number of methoxy groups -OCH3 is 1. The predicted octanol–water partition coefficient (Wildman–Crippen LogP) is 3.28. The van der Waals surface area contributed by atoms with Crippen LogP contribution >= 0.6 is 22.6 Å². The van der Waals surface area contributed by atoms with E-state index in [1.807, 2.05) is 22.6 Å². The third-order valence-corrected chi connectivity index (χ3v) is 6.10. The fraction of sp³-hybridized carbons (Fsp3) is 0.529. The number of nitrogens with one attached hydrogen (secondary N) is 1. The molecule has 0 spiro atoms. The van der Waals surface area contributed by atoms with E-state index in [4.69, 9.17) is 4.74 Å². The van der Waals surface area contributed by atoms with E-state index in [0.717, 1.165) is 18.4 Å². The number of phenols is 1. The van der Waals surface area contributed by atoms with Crippen LogP contribution in [0.25, 0.3) is 0 Å². The summed E-state index contributed by atoms with van der Waals surface area (Å²) in [7, 11) is 1.50. The zero-order chi connectivity index (χ0) is 16.6. The number of ether oxygens (including phenoxy) is 1. The van der Waals surface area contributed by atoms with Crippen LogP contribution in [0.4, 0.5) is 0 Å². The van der Waals surface area contributed by atoms with Crippen LogP contribution in [0.5, 0.6) is 11.5 Å². The van der Waals surface area contributed by atoms with Crippen molar-refractivity contribution in [1.82, 2.24) is 5.43 Å². The number of amides is 1. The second-order valence-corrected chi connectivity index (χ2v) is 7.79. The van der Waals surface area contributed by atoms with Gasteiger partial charge in [0, 0.05) is 5.92 Å². The zero-order valence-electron chi connectivity index (χ0n) is 13.3. The van der Waals surface area contributed by atoms with Gasteiger partial charge in [0.05, 0.1) is 16.9 Å². The lowest BCUT2D eigenvalue weighted by Gasteiger charge is -2.15. The first-order chi connectivity index (χ1) is 11.0. The SMILES string of the molecule is COc1cc(/C=N\NC(=O)[C@@H]2[C@@H]3CCCC[C@@]23C)cc(I)c1O. The van der Waals surface area contributed by atoms with Gasteiger partial charge in [-0.2, -0.15) is 5.10 Å². The monoisotopic (exact) mass is 428 g/mol. The summed E-state index contributed by atoms with van der Waals surface area (Å²) in [6.45, 7) is 2.22. The lowest BCUT2D eigenvalue weighted by atomic mass is 9.90. The number of carbonyl (C=O) groups excluding carboxylic acids is 1. The van der Waals surface area contributed by atoms with Crippen LogP contribution in [-0.4, -0.2) is 24.3 Å². The summed E-state index contributed by atoms with van der Waals surface area (Å²) in [5, 5.41) is 13.9. The maximum atomic E-state index is 12.3. The number of hydrazone groups is 1. The summed E-state index contributed by atoms with van der Waals surface area (Å²) < 4.78 is 5.79. The number of halogens is 1. The first-order valence-electron chi connectivity index (χ1n) is 7.87.